The lowest BCUT2D eigenvalue weighted by Crippen LogP contribution is -2.36. The number of fused-ring (bicyclic) bond motifs is 1. The second-order valence-electron chi connectivity index (χ2n) is 7.65. The summed E-state index contributed by atoms with van der Waals surface area (Å²) in [6.45, 7) is 3.64. The van der Waals surface area contributed by atoms with E-state index in [4.69, 9.17) is 14.7 Å². The molecular weight excluding hydrogens is 456 g/mol. The minimum Gasteiger partial charge on any atom is -0.497 e. The molecular formula is C24H20N4O3S2. The molecule has 1 aliphatic heterocycles. The summed E-state index contributed by atoms with van der Waals surface area (Å²) in [5.74, 6) is 1.01. The summed E-state index contributed by atoms with van der Waals surface area (Å²) in [5.41, 5.74) is 5.50. The molecule has 0 radical (unpaired) electrons. The van der Waals surface area contributed by atoms with Crippen LogP contribution < -0.4 is 10.2 Å². The molecule has 1 aliphatic rings. The highest BCUT2D eigenvalue weighted by atomic mass is 32.1. The average Bonchev–Trinajstić information content (AvgIpc) is 3.50. The zero-order chi connectivity index (χ0) is 23.1. The van der Waals surface area contributed by atoms with Crippen molar-refractivity contribution in [3.8, 4) is 16.5 Å². The Morgan fingerprint density at radius 3 is 2.67 bits per heavy atom. The molecule has 4 aromatic rings. The van der Waals surface area contributed by atoms with Crippen LogP contribution in [0.2, 0.25) is 0 Å². The second-order valence-corrected chi connectivity index (χ2v) is 9.68. The highest BCUT2D eigenvalue weighted by Gasteiger charge is 2.30. The predicted octanol–water partition coefficient (Wildman–Crippen LogP) is 4.97. The second kappa shape index (κ2) is 8.42. The normalized spacial score (nSPS) is 13.7. The van der Waals surface area contributed by atoms with Crippen molar-refractivity contribution < 1.29 is 14.3 Å². The third kappa shape index (κ3) is 3.90. The highest BCUT2D eigenvalue weighted by molar-refractivity contribution is 7.19. The van der Waals surface area contributed by atoms with Gasteiger partial charge in [-0.2, -0.15) is 5.01 Å². The molecule has 0 saturated carbocycles. The van der Waals surface area contributed by atoms with Gasteiger partial charge in [-0.05, 0) is 48.6 Å². The molecule has 0 saturated heterocycles. The van der Waals surface area contributed by atoms with Crippen molar-refractivity contribution in [2.24, 2.45) is 0 Å². The summed E-state index contributed by atoms with van der Waals surface area (Å²) < 4.78 is 5.36. The first-order valence-corrected chi connectivity index (χ1v) is 11.9. The lowest BCUT2D eigenvalue weighted by Gasteiger charge is -2.17. The fourth-order valence-electron chi connectivity index (χ4n) is 3.72. The topological polar surface area (TPSA) is 84.4 Å². The Balaban J connectivity index is 1.61. The Morgan fingerprint density at radius 2 is 1.97 bits per heavy atom. The lowest BCUT2D eigenvalue weighted by molar-refractivity contribution is -0.135. The van der Waals surface area contributed by atoms with Crippen molar-refractivity contribution in [2.45, 2.75) is 20.3 Å². The van der Waals surface area contributed by atoms with Gasteiger partial charge < -0.3 is 4.74 Å². The molecule has 3 aromatic heterocycles. The summed E-state index contributed by atoms with van der Waals surface area (Å²) in [4.78, 5) is 37.2. The smallest absolute Gasteiger partial charge is 0.275 e. The van der Waals surface area contributed by atoms with Crippen LogP contribution in [0.3, 0.4) is 0 Å². The molecule has 0 bridgehead atoms. The molecule has 2 amide bonds. The van der Waals surface area contributed by atoms with Gasteiger partial charge in [0, 0.05) is 22.9 Å². The molecule has 7 nitrogen and oxygen atoms in total. The largest absolute Gasteiger partial charge is 0.497 e. The van der Waals surface area contributed by atoms with Crippen LogP contribution in [-0.2, 0) is 16.0 Å². The first-order valence-electron chi connectivity index (χ1n) is 10.2. The molecule has 0 unspecified atom stereocenters. The third-order valence-electron chi connectivity index (χ3n) is 5.45. The molecule has 9 heteroatoms. The monoisotopic (exact) mass is 476 g/mol. The number of carbonyl (C=O) groups is 2. The number of rotatable bonds is 6. The van der Waals surface area contributed by atoms with Crippen molar-refractivity contribution in [1.29, 1.82) is 0 Å². The van der Waals surface area contributed by atoms with E-state index in [9.17, 15) is 9.59 Å². The van der Waals surface area contributed by atoms with Crippen molar-refractivity contribution in [3.63, 3.8) is 0 Å². The van der Waals surface area contributed by atoms with Gasteiger partial charge in [0.25, 0.3) is 11.8 Å². The van der Waals surface area contributed by atoms with Crippen LogP contribution in [0.25, 0.3) is 20.9 Å². The van der Waals surface area contributed by atoms with Gasteiger partial charge in [-0.3, -0.25) is 15.0 Å². The zero-order valence-corrected chi connectivity index (χ0v) is 19.8. The van der Waals surface area contributed by atoms with Gasteiger partial charge >= 0.3 is 0 Å². The Morgan fingerprint density at radius 1 is 1.12 bits per heavy atom. The van der Waals surface area contributed by atoms with E-state index >= 15 is 0 Å². The van der Waals surface area contributed by atoms with Gasteiger partial charge in [-0.1, -0.05) is 18.2 Å². The van der Waals surface area contributed by atoms with E-state index in [1.807, 2.05) is 42.6 Å². The molecule has 0 aliphatic carbocycles. The van der Waals surface area contributed by atoms with Gasteiger partial charge in [0.05, 0.1) is 17.4 Å². The van der Waals surface area contributed by atoms with Crippen LogP contribution in [0.4, 0.5) is 5.82 Å². The highest BCUT2D eigenvalue weighted by Crippen LogP contribution is 2.38. The van der Waals surface area contributed by atoms with Crippen molar-refractivity contribution in [3.05, 3.63) is 69.4 Å². The molecule has 0 spiro atoms. The zero-order valence-electron chi connectivity index (χ0n) is 18.2. The van der Waals surface area contributed by atoms with Crippen LogP contribution in [-0.4, -0.2) is 33.9 Å². The number of aryl methyl sites for hydroxylation is 1. The number of ether oxygens (including phenoxy) is 1. The molecule has 166 valence electrons. The van der Waals surface area contributed by atoms with Gasteiger partial charge in [0.2, 0.25) is 0 Å². The van der Waals surface area contributed by atoms with Gasteiger partial charge in [0.1, 0.15) is 10.6 Å². The number of anilines is 1. The van der Waals surface area contributed by atoms with Crippen LogP contribution in [0, 0.1) is 6.92 Å². The number of methoxy groups -OCH3 is 1. The molecule has 0 fully saturated rings. The van der Waals surface area contributed by atoms with E-state index < -0.39 is 5.91 Å². The van der Waals surface area contributed by atoms with Crippen LogP contribution in [0.15, 0.2) is 53.4 Å². The van der Waals surface area contributed by atoms with E-state index in [2.05, 4.69) is 11.5 Å². The maximum atomic E-state index is 12.5. The minimum absolute atomic E-state index is 0.381. The predicted molar refractivity (Wildman–Crippen MR) is 130 cm³/mol. The van der Waals surface area contributed by atoms with E-state index in [1.165, 1.54) is 17.4 Å². The molecule has 1 aromatic carbocycles. The number of benzene rings is 1. The number of carbonyl (C=O) groups excluding carboxylic acids is 2. The number of nitrogens with one attached hydrogen (secondary N) is 1. The summed E-state index contributed by atoms with van der Waals surface area (Å²) in [7, 11) is 1.65. The number of nitrogens with zero attached hydrogens (tertiary/aromatic N) is 3. The van der Waals surface area contributed by atoms with Crippen molar-refractivity contribution in [2.75, 3.05) is 12.5 Å². The molecule has 5 rings (SSSR count). The molecule has 0 atom stereocenters. The maximum Gasteiger partial charge on any atom is 0.275 e. The van der Waals surface area contributed by atoms with Crippen LogP contribution >= 0.6 is 22.7 Å². The summed E-state index contributed by atoms with van der Waals surface area (Å²) >= 11 is 3.12. The standard InChI is InChI=1S/C24H20N4O3S2/c1-13-10-19(29)28(24(13)30)27-22-20-14(2)18(12-15-6-4-7-16(11-15)31-3)33-23(20)26-21(25-22)17-8-5-9-32-17/h4-11H,12H2,1-3H3,(H,25,26,27). The lowest BCUT2D eigenvalue weighted by atomic mass is 10.1. The number of hydrazine groups is 1. The number of hydrogen-bond donors (Lipinski definition) is 1. The Labute approximate surface area is 198 Å². The quantitative estimate of drug-likeness (QED) is 0.396. The van der Waals surface area contributed by atoms with Crippen molar-refractivity contribution >= 4 is 50.5 Å². The third-order valence-corrected chi connectivity index (χ3v) is 7.50. The Bertz CT molecular complexity index is 1420. The Hall–Kier alpha value is -3.56. The van der Waals surface area contributed by atoms with Gasteiger partial charge in [-0.15, -0.1) is 22.7 Å². The number of imide groups is 1. The fourth-order valence-corrected chi connectivity index (χ4v) is 5.59. The first-order chi connectivity index (χ1) is 15.9. The van der Waals surface area contributed by atoms with E-state index in [1.54, 1.807) is 25.4 Å². The molecule has 33 heavy (non-hydrogen) atoms. The Kier molecular flexibility index (Phi) is 5.43. The van der Waals surface area contributed by atoms with E-state index in [-0.39, 0.29) is 5.91 Å². The van der Waals surface area contributed by atoms with Crippen LogP contribution in [0.1, 0.15) is 22.9 Å². The van der Waals surface area contributed by atoms with E-state index in [0.29, 0.717) is 23.6 Å². The van der Waals surface area contributed by atoms with Gasteiger partial charge in [-0.25, -0.2) is 9.97 Å². The van der Waals surface area contributed by atoms with Crippen LogP contribution in [0.5, 0.6) is 5.75 Å². The first kappa shape index (κ1) is 21.3. The molecule has 1 N–H and O–H groups in total. The summed E-state index contributed by atoms with van der Waals surface area (Å²) in [5, 5.41) is 3.78. The fraction of sp³-hybridized carbons (Fsp3) is 0.167. The average molecular weight is 477 g/mol. The summed E-state index contributed by atoms with van der Waals surface area (Å²) in [6, 6.07) is 11.9. The number of amides is 2. The maximum absolute atomic E-state index is 12.5. The molecule has 4 heterocycles. The summed E-state index contributed by atoms with van der Waals surface area (Å²) in [6.07, 6.45) is 2.03. The minimum atomic E-state index is -0.411. The number of aromatic nitrogens is 2. The van der Waals surface area contributed by atoms with Gasteiger partial charge in [0.15, 0.2) is 11.6 Å². The SMILES string of the molecule is COc1cccc(Cc2sc3nc(-c4cccs4)nc(NN4C(=O)C=C(C)C4=O)c3c2C)c1. The van der Waals surface area contributed by atoms with E-state index in [0.717, 1.165) is 41.9 Å². The van der Waals surface area contributed by atoms with Crippen molar-refractivity contribution in [1.82, 2.24) is 15.0 Å². The number of thiophene rings is 2. The number of hydrogen-bond acceptors (Lipinski definition) is 8.